The fourth-order valence-corrected chi connectivity index (χ4v) is 4.75. The van der Waals surface area contributed by atoms with Gasteiger partial charge >= 0.3 is 0 Å². The van der Waals surface area contributed by atoms with E-state index < -0.39 is 0 Å². The van der Waals surface area contributed by atoms with E-state index >= 15 is 0 Å². The molecule has 3 aliphatic rings. The topological polar surface area (TPSA) is 52.2 Å². The Hall–Kier alpha value is -1.36. The number of aromatic nitrogens is 2. The number of nitrogens with zero attached hydrogens (tertiary/aromatic N) is 3. The monoisotopic (exact) mass is 302 g/mol. The van der Waals surface area contributed by atoms with Gasteiger partial charge < -0.3 is 9.88 Å². The van der Waals surface area contributed by atoms with Gasteiger partial charge in [0.1, 0.15) is 0 Å². The zero-order valence-corrected chi connectivity index (χ0v) is 13.3. The lowest BCUT2D eigenvalue weighted by molar-refractivity contribution is -0.148. The smallest absolute Gasteiger partial charge is 0.230 e. The fraction of sp³-hybridized carbons (Fsp3) is 0.765. The molecule has 1 amide bonds. The highest BCUT2D eigenvalue weighted by molar-refractivity contribution is 5.84. The molecule has 4 rings (SSSR count). The highest BCUT2D eigenvalue weighted by Gasteiger charge is 2.49. The van der Waals surface area contributed by atoms with Crippen LogP contribution in [0, 0.1) is 5.41 Å². The summed E-state index contributed by atoms with van der Waals surface area (Å²) in [4.78, 5) is 25.1. The van der Waals surface area contributed by atoms with E-state index in [4.69, 9.17) is 0 Å². The maximum Gasteiger partial charge on any atom is 0.230 e. The minimum Gasteiger partial charge on any atom is -0.347 e. The first-order valence-electron chi connectivity index (χ1n) is 8.78. The molecular weight excluding hydrogens is 276 g/mol. The van der Waals surface area contributed by atoms with E-state index in [1.54, 1.807) is 6.33 Å². The molecule has 1 spiro atoms. The molecular formula is C17H26N4O. The van der Waals surface area contributed by atoms with Crippen LogP contribution in [0.5, 0.6) is 0 Å². The number of hydrogen-bond acceptors (Lipinski definition) is 3. The van der Waals surface area contributed by atoms with Crippen LogP contribution in [0.1, 0.15) is 50.6 Å². The fourth-order valence-electron chi connectivity index (χ4n) is 4.75. The lowest BCUT2D eigenvalue weighted by Gasteiger charge is -2.42. The number of rotatable bonds is 3. The maximum atomic E-state index is 13.2. The SMILES string of the molecule is O=C1N(C2CCCC2)CCCC12CCN(Cc1cnc[nH]1)C2. The van der Waals surface area contributed by atoms with Crippen molar-refractivity contribution in [2.24, 2.45) is 5.41 Å². The Kier molecular flexibility index (Phi) is 3.68. The minimum absolute atomic E-state index is 0.0964. The number of H-pyrrole nitrogens is 1. The molecule has 22 heavy (non-hydrogen) atoms. The van der Waals surface area contributed by atoms with Crippen molar-refractivity contribution < 1.29 is 4.79 Å². The van der Waals surface area contributed by atoms with Crippen LogP contribution in [-0.4, -0.2) is 51.4 Å². The first kappa shape index (κ1) is 14.2. The number of nitrogens with one attached hydrogen (secondary N) is 1. The molecule has 3 heterocycles. The highest BCUT2D eigenvalue weighted by atomic mass is 16.2. The number of likely N-dealkylation sites (tertiary alicyclic amines) is 2. The molecule has 0 aromatic carbocycles. The molecule has 2 saturated heterocycles. The molecule has 1 unspecified atom stereocenters. The number of aromatic amines is 1. The van der Waals surface area contributed by atoms with Gasteiger partial charge in [-0.3, -0.25) is 9.69 Å². The number of carbonyl (C=O) groups excluding carboxylic acids is 1. The summed E-state index contributed by atoms with van der Waals surface area (Å²) in [6.45, 7) is 3.83. The molecule has 1 saturated carbocycles. The van der Waals surface area contributed by atoms with Crippen molar-refractivity contribution in [3.8, 4) is 0 Å². The lowest BCUT2D eigenvalue weighted by atomic mass is 9.77. The van der Waals surface area contributed by atoms with Crippen molar-refractivity contribution in [3.63, 3.8) is 0 Å². The van der Waals surface area contributed by atoms with Crippen molar-refractivity contribution in [2.75, 3.05) is 19.6 Å². The van der Waals surface area contributed by atoms with Crippen molar-refractivity contribution >= 4 is 5.91 Å². The standard InChI is InChI=1S/C17H26N4O/c22-16-17(6-3-8-21(16)15-4-1-2-5-15)7-9-20(12-17)11-14-10-18-13-19-14/h10,13,15H,1-9,11-12H2,(H,18,19). The molecule has 1 aliphatic carbocycles. The Morgan fingerprint density at radius 1 is 1.23 bits per heavy atom. The van der Waals surface area contributed by atoms with Crippen LogP contribution in [0.4, 0.5) is 0 Å². The van der Waals surface area contributed by atoms with E-state index in [1.165, 1.54) is 32.1 Å². The van der Waals surface area contributed by atoms with Gasteiger partial charge in [-0.25, -0.2) is 4.98 Å². The van der Waals surface area contributed by atoms with E-state index in [0.29, 0.717) is 11.9 Å². The molecule has 1 aromatic heterocycles. The molecule has 5 heteroatoms. The summed E-state index contributed by atoms with van der Waals surface area (Å²) in [6, 6.07) is 0.534. The quantitative estimate of drug-likeness (QED) is 0.931. The second-order valence-corrected chi connectivity index (χ2v) is 7.36. The van der Waals surface area contributed by atoms with E-state index in [-0.39, 0.29) is 5.41 Å². The first-order valence-corrected chi connectivity index (χ1v) is 8.78. The van der Waals surface area contributed by atoms with Crippen LogP contribution in [0.3, 0.4) is 0 Å². The molecule has 2 aliphatic heterocycles. The summed E-state index contributed by atoms with van der Waals surface area (Å²) in [7, 11) is 0. The Bertz CT molecular complexity index is 523. The van der Waals surface area contributed by atoms with Gasteiger partial charge in [0, 0.05) is 37.6 Å². The van der Waals surface area contributed by atoms with Crippen LogP contribution in [0.25, 0.3) is 0 Å². The van der Waals surface area contributed by atoms with Gasteiger partial charge in [0.15, 0.2) is 0 Å². The predicted molar refractivity (Wildman–Crippen MR) is 84.1 cm³/mol. The Balaban J connectivity index is 1.45. The number of amides is 1. The number of piperidine rings is 1. The van der Waals surface area contributed by atoms with Gasteiger partial charge in [-0.15, -0.1) is 0 Å². The van der Waals surface area contributed by atoms with Crippen molar-refractivity contribution in [1.82, 2.24) is 19.8 Å². The summed E-state index contributed by atoms with van der Waals surface area (Å²) >= 11 is 0. The Labute approximate surface area is 132 Å². The summed E-state index contributed by atoms with van der Waals surface area (Å²) in [6.07, 6.45) is 11.9. The summed E-state index contributed by atoms with van der Waals surface area (Å²) in [5, 5.41) is 0. The third-order valence-electron chi connectivity index (χ3n) is 5.92. The molecule has 1 atom stereocenters. The Morgan fingerprint density at radius 2 is 2.09 bits per heavy atom. The third kappa shape index (κ3) is 2.45. The largest absolute Gasteiger partial charge is 0.347 e. The predicted octanol–water partition coefficient (Wildman–Crippen LogP) is 2.17. The molecule has 0 bridgehead atoms. The van der Waals surface area contributed by atoms with Gasteiger partial charge in [-0.05, 0) is 38.6 Å². The van der Waals surface area contributed by atoms with E-state index in [2.05, 4.69) is 19.8 Å². The van der Waals surface area contributed by atoms with Crippen LogP contribution >= 0.6 is 0 Å². The lowest BCUT2D eigenvalue weighted by Crippen LogP contribution is -2.53. The maximum absolute atomic E-state index is 13.2. The van der Waals surface area contributed by atoms with Crippen LogP contribution in [0.15, 0.2) is 12.5 Å². The van der Waals surface area contributed by atoms with Crippen molar-refractivity contribution in [1.29, 1.82) is 0 Å². The minimum atomic E-state index is -0.0964. The molecule has 120 valence electrons. The summed E-state index contributed by atoms with van der Waals surface area (Å²) in [5.41, 5.74) is 1.05. The zero-order valence-electron chi connectivity index (χ0n) is 13.3. The third-order valence-corrected chi connectivity index (χ3v) is 5.92. The zero-order chi connectivity index (χ0) is 15.0. The van der Waals surface area contributed by atoms with Gasteiger partial charge in [-0.1, -0.05) is 12.8 Å². The van der Waals surface area contributed by atoms with Crippen molar-refractivity contribution in [3.05, 3.63) is 18.2 Å². The second-order valence-electron chi connectivity index (χ2n) is 7.36. The highest BCUT2D eigenvalue weighted by Crippen LogP contribution is 2.42. The first-order chi connectivity index (χ1) is 10.8. The van der Waals surface area contributed by atoms with Crippen molar-refractivity contribution in [2.45, 2.75) is 57.5 Å². The van der Waals surface area contributed by atoms with Gasteiger partial charge in [0.05, 0.1) is 11.7 Å². The normalized spacial score (nSPS) is 30.7. The number of hydrogen-bond donors (Lipinski definition) is 1. The molecule has 3 fully saturated rings. The van der Waals surface area contributed by atoms with Gasteiger partial charge in [0.25, 0.3) is 0 Å². The molecule has 1 N–H and O–H groups in total. The van der Waals surface area contributed by atoms with E-state index in [9.17, 15) is 4.79 Å². The van der Waals surface area contributed by atoms with Crippen LogP contribution in [0.2, 0.25) is 0 Å². The second kappa shape index (κ2) is 5.69. The average Bonchev–Trinajstić information content (AvgIpc) is 3.26. The Morgan fingerprint density at radius 3 is 2.86 bits per heavy atom. The molecule has 1 aromatic rings. The van der Waals surface area contributed by atoms with E-state index in [0.717, 1.165) is 44.7 Å². The van der Waals surface area contributed by atoms with Gasteiger partial charge in [-0.2, -0.15) is 0 Å². The average molecular weight is 302 g/mol. The molecule has 5 nitrogen and oxygen atoms in total. The number of carbonyl (C=O) groups is 1. The van der Waals surface area contributed by atoms with E-state index in [1.807, 2.05) is 6.20 Å². The van der Waals surface area contributed by atoms with Crippen LogP contribution < -0.4 is 0 Å². The van der Waals surface area contributed by atoms with Crippen LogP contribution in [-0.2, 0) is 11.3 Å². The molecule has 0 radical (unpaired) electrons. The summed E-state index contributed by atoms with van der Waals surface area (Å²) in [5.74, 6) is 0.456. The number of imidazole rings is 1. The summed E-state index contributed by atoms with van der Waals surface area (Å²) < 4.78 is 0. The van der Waals surface area contributed by atoms with Gasteiger partial charge in [0.2, 0.25) is 5.91 Å².